The molecule has 0 spiro atoms. The molecule has 0 saturated heterocycles. The van der Waals surface area contributed by atoms with E-state index in [9.17, 15) is 0 Å². The monoisotopic (exact) mass is 289 g/mol. The zero-order valence-electron chi connectivity index (χ0n) is 10.1. The minimum atomic E-state index is 0.711. The molecule has 0 aliphatic carbocycles. The molecule has 1 N–H and O–H groups in total. The Balaban J connectivity index is 1.87. The van der Waals surface area contributed by atoms with Crippen LogP contribution in [0.2, 0.25) is 5.02 Å². The van der Waals surface area contributed by atoms with Crippen LogP contribution in [0.15, 0.2) is 42.6 Å². The molecule has 0 fully saturated rings. The molecule has 0 saturated carbocycles. The number of aromatic nitrogens is 3. The van der Waals surface area contributed by atoms with Crippen molar-refractivity contribution in [3.63, 3.8) is 0 Å². The number of pyridine rings is 1. The largest absolute Gasteiger partial charge is 0.329 e. The zero-order valence-corrected chi connectivity index (χ0v) is 11.7. The summed E-state index contributed by atoms with van der Waals surface area (Å²) in [6.45, 7) is 0.803. The lowest BCUT2D eigenvalue weighted by molar-refractivity contribution is 0.700. The number of rotatable bonds is 3. The number of imidazole rings is 1. The predicted octanol–water partition coefficient (Wildman–Crippen LogP) is 3.99. The first-order valence-electron chi connectivity index (χ1n) is 6.02. The topological polar surface area (TPSA) is 33.6 Å². The fourth-order valence-corrected chi connectivity index (χ4v) is 2.50. The fourth-order valence-electron chi connectivity index (χ4n) is 2.09. The van der Waals surface area contributed by atoms with Crippen LogP contribution in [0, 0.1) is 4.77 Å². The smallest absolute Gasteiger partial charge is 0.179 e. The molecular weight excluding hydrogens is 278 g/mol. The zero-order chi connectivity index (χ0) is 13.2. The van der Waals surface area contributed by atoms with Crippen molar-refractivity contribution in [2.24, 2.45) is 0 Å². The Bertz CT molecular complexity index is 758. The lowest BCUT2D eigenvalue weighted by atomic mass is 10.1. The second-order valence-corrected chi connectivity index (χ2v) is 5.16. The van der Waals surface area contributed by atoms with Gasteiger partial charge in [0.05, 0.1) is 5.52 Å². The number of H-pyrrole nitrogens is 1. The van der Waals surface area contributed by atoms with Crippen LogP contribution >= 0.6 is 23.8 Å². The number of benzene rings is 1. The van der Waals surface area contributed by atoms with E-state index in [1.165, 1.54) is 5.56 Å². The van der Waals surface area contributed by atoms with Crippen molar-refractivity contribution in [2.75, 3.05) is 0 Å². The first-order chi connectivity index (χ1) is 9.24. The Kier molecular flexibility index (Phi) is 3.36. The van der Waals surface area contributed by atoms with Crippen LogP contribution < -0.4 is 0 Å². The number of hydrogen-bond donors (Lipinski definition) is 1. The van der Waals surface area contributed by atoms with Gasteiger partial charge >= 0.3 is 0 Å². The van der Waals surface area contributed by atoms with Gasteiger partial charge in [-0.05, 0) is 48.5 Å². The van der Waals surface area contributed by atoms with E-state index in [1.54, 1.807) is 6.20 Å². The maximum absolute atomic E-state index is 5.88. The van der Waals surface area contributed by atoms with Crippen molar-refractivity contribution < 1.29 is 0 Å². The Morgan fingerprint density at radius 2 is 2.00 bits per heavy atom. The van der Waals surface area contributed by atoms with Gasteiger partial charge in [0.1, 0.15) is 0 Å². The van der Waals surface area contributed by atoms with E-state index >= 15 is 0 Å². The predicted molar refractivity (Wildman–Crippen MR) is 80.1 cm³/mol. The molecule has 2 heterocycles. The maximum atomic E-state index is 5.88. The van der Waals surface area contributed by atoms with Gasteiger partial charge in [0.25, 0.3) is 0 Å². The molecule has 0 aliphatic rings. The van der Waals surface area contributed by atoms with Gasteiger partial charge in [0.2, 0.25) is 0 Å². The summed E-state index contributed by atoms with van der Waals surface area (Å²) in [4.78, 5) is 7.54. The molecule has 5 heteroatoms. The average molecular weight is 290 g/mol. The summed E-state index contributed by atoms with van der Waals surface area (Å²) in [5.41, 5.74) is 3.11. The molecule has 0 unspecified atom stereocenters. The number of hydrogen-bond acceptors (Lipinski definition) is 2. The van der Waals surface area contributed by atoms with E-state index in [2.05, 4.69) is 9.97 Å². The number of nitrogens with zero attached hydrogens (tertiary/aromatic N) is 2. The molecule has 3 rings (SSSR count). The molecule has 2 aromatic heterocycles. The van der Waals surface area contributed by atoms with Crippen molar-refractivity contribution >= 4 is 35.0 Å². The summed E-state index contributed by atoms with van der Waals surface area (Å²) in [7, 11) is 0. The summed E-state index contributed by atoms with van der Waals surface area (Å²) in [6.07, 6.45) is 2.68. The number of aryl methyl sites for hydroxylation is 2. The highest BCUT2D eigenvalue weighted by Crippen LogP contribution is 2.14. The van der Waals surface area contributed by atoms with Crippen LogP contribution in [0.3, 0.4) is 0 Å². The summed E-state index contributed by atoms with van der Waals surface area (Å²) in [5.74, 6) is 0. The van der Waals surface area contributed by atoms with Gasteiger partial charge in [0.15, 0.2) is 10.4 Å². The molecule has 0 atom stereocenters. The Morgan fingerprint density at radius 3 is 2.79 bits per heavy atom. The van der Waals surface area contributed by atoms with E-state index < -0.39 is 0 Å². The third kappa shape index (κ3) is 2.55. The van der Waals surface area contributed by atoms with Gasteiger partial charge in [-0.15, -0.1) is 0 Å². The number of aromatic amines is 1. The van der Waals surface area contributed by atoms with Crippen LogP contribution in [-0.2, 0) is 13.0 Å². The van der Waals surface area contributed by atoms with Crippen LogP contribution in [0.25, 0.3) is 11.2 Å². The van der Waals surface area contributed by atoms with E-state index in [-0.39, 0.29) is 0 Å². The highest BCUT2D eigenvalue weighted by Gasteiger charge is 2.04. The standard InChI is InChI=1S/C14H12ClN3S/c15-11-5-3-10(4-6-11)7-9-18-13-12(17-14(18)19)2-1-8-16-13/h1-6,8H,7,9H2,(H,17,19). The lowest BCUT2D eigenvalue weighted by Gasteiger charge is -2.04. The van der Waals surface area contributed by atoms with Crippen LogP contribution in [-0.4, -0.2) is 14.5 Å². The van der Waals surface area contributed by atoms with Crippen LogP contribution in [0.5, 0.6) is 0 Å². The Morgan fingerprint density at radius 1 is 1.21 bits per heavy atom. The van der Waals surface area contributed by atoms with Crippen LogP contribution in [0.4, 0.5) is 0 Å². The van der Waals surface area contributed by atoms with Crippen LogP contribution in [0.1, 0.15) is 5.56 Å². The summed E-state index contributed by atoms with van der Waals surface area (Å²) < 4.78 is 2.74. The third-order valence-corrected chi connectivity index (χ3v) is 3.64. The Hall–Kier alpha value is -1.65. The quantitative estimate of drug-likeness (QED) is 0.740. The van der Waals surface area contributed by atoms with E-state index in [0.29, 0.717) is 4.77 Å². The van der Waals surface area contributed by atoms with Gasteiger partial charge in [0, 0.05) is 17.8 Å². The lowest BCUT2D eigenvalue weighted by Crippen LogP contribution is -2.02. The molecule has 0 bridgehead atoms. The maximum Gasteiger partial charge on any atom is 0.179 e. The highest BCUT2D eigenvalue weighted by molar-refractivity contribution is 7.71. The molecule has 3 nitrogen and oxygen atoms in total. The minimum absolute atomic E-state index is 0.711. The molecule has 96 valence electrons. The van der Waals surface area contributed by atoms with E-state index in [0.717, 1.165) is 29.2 Å². The molecular formula is C14H12ClN3S. The van der Waals surface area contributed by atoms with Crippen molar-refractivity contribution in [2.45, 2.75) is 13.0 Å². The molecule has 0 radical (unpaired) electrons. The first kappa shape index (κ1) is 12.4. The molecule has 0 amide bonds. The fraction of sp³-hybridized carbons (Fsp3) is 0.143. The van der Waals surface area contributed by atoms with Crippen molar-refractivity contribution in [1.29, 1.82) is 0 Å². The highest BCUT2D eigenvalue weighted by atomic mass is 35.5. The normalized spacial score (nSPS) is 11.0. The second-order valence-electron chi connectivity index (χ2n) is 4.33. The summed E-state index contributed by atoms with van der Waals surface area (Å²) in [5, 5.41) is 0.758. The molecule has 1 aromatic carbocycles. The second kappa shape index (κ2) is 5.15. The van der Waals surface area contributed by atoms with Gasteiger partial charge < -0.3 is 9.55 Å². The average Bonchev–Trinajstić information content (AvgIpc) is 2.74. The van der Waals surface area contributed by atoms with Gasteiger partial charge in [-0.25, -0.2) is 4.98 Å². The molecule has 0 aliphatic heterocycles. The SMILES string of the molecule is S=c1[nH]c2cccnc2n1CCc1ccc(Cl)cc1. The van der Waals surface area contributed by atoms with Gasteiger partial charge in [-0.3, -0.25) is 0 Å². The van der Waals surface area contributed by atoms with E-state index in [4.69, 9.17) is 23.8 Å². The third-order valence-electron chi connectivity index (χ3n) is 3.07. The molecule has 19 heavy (non-hydrogen) atoms. The van der Waals surface area contributed by atoms with Gasteiger partial charge in [-0.2, -0.15) is 0 Å². The van der Waals surface area contributed by atoms with Crippen molar-refractivity contribution in [3.05, 3.63) is 58.0 Å². The number of fused-ring (bicyclic) bond motifs is 1. The number of nitrogens with one attached hydrogen (secondary N) is 1. The minimum Gasteiger partial charge on any atom is -0.329 e. The number of halogens is 1. The Labute approximate surface area is 120 Å². The van der Waals surface area contributed by atoms with Crippen molar-refractivity contribution in [1.82, 2.24) is 14.5 Å². The summed E-state index contributed by atoms with van der Waals surface area (Å²) in [6, 6.07) is 11.8. The molecule has 3 aromatic rings. The van der Waals surface area contributed by atoms with E-state index in [1.807, 2.05) is 41.0 Å². The summed E-state index contributed by atoms with van der Waals surface area (Å²) >= 11 is 11.2. The first-order valence-corrected chi connectivity index (χ1v) is 6.80. The van der Waals surface area contributed by atoms with Crippen molar-refractivity contribution in [3.8, 4) is 0 Å². The van der Waals surface area contributed by atoms with Gasteiger partial charge in [-0.1, -0.05) is 23.7 Å².